The molecule has 6 nitrogen and oxygen atoms in total. The molecule has 0 unspecified atom stereocenters. The summed E-state index contributed by atoms with van der Waals surface area (Å²) in [7, 11) is 0. The van der Waals surface area contributed by atoms with E-state index in [2.05, 4.69) is 10.5 Å². The van der Waals surface area contributed by atoms with Crippen LogP contribution in [0.2, 0.25) is 0 Å². The lowest BCUT2D eigenvalue weighted by atomic mass is 10.1. The maximum absolute atomic E-state index is 12.7. The molecule has 0 fully saturated rings. The summed E-state index contributed by atoms with van der Waals surface area (Å²) in [5.41, 5.74) is 3.15. The van der Waals surface area contributed by atoms with E-state index in [0.717, 1.165) is 29.1 Å². The molecule has 1 aromatic heterocycles. The summed E-state index contributed by atoms with van der Waals surface area (Å²) in [5, 5.41) is 15.0. The van der Waals surface area contributed by atoms with Gasteiger partial charge < -0.3 is 4.57 Å². The Morgan fingerprint density at radius 3 is 2.50 bits per heavy atom. The minimum absolute atomic E-state index is 0.131. The zero-order chi connectivity index (χ0) is 20.3. The van der Waals surface area contributed by atoms with E-state index in [1.165, 1.54) is 6.21 Å². The molecule has 3 aromatic rings. The maximum Gasteiger partial charge on any atom is 0.416 e. The molecule has 144 valence electrons. The zero-order valence-electron chi connectivity index (χ0n) is 14.6. The average molecular weight is 388 g/mol. The van der Waals surface area contributed by atoms with Gasteiger partial charge in [-0.1, -0.05) is 18.2 Å². The number of hydrogen-bond acceptors (Lipinski definition) is 4. The predicted molar refractivity (Wildman–Crippen MR) is 99.8 cm³/mol. The Kier molecular flexibility index (Phi) is 5.16. The fourth-order valence-electron chi connectivity index (χ4n) is 2.67. The Morgan fingerprint density at radius 2 is 1.86 bits per heavy atom. The second-order valence-corrected chi connectivity index (χ2v) is 5.98. The molecule has 28 heavy (non-hydrogen) atoms. The highest BCUT2D eigenvalue weighted by Crippen LogP contribution is 2.34. The number of rotatable bonds is 5. The van der Waals surface area contributed by atoms with Crippen LogP contribution in [0.4, 0.5) is 24.5 Å². The van der Waals surface area contributed by atoms with E-state index < -0.39 is 22.4 Å². The fourth-order valence-corrected chi connectivity index (χ4v) is 2.67. The van der Waals surface area contributed by atoms with Crippen LogP contribution in [-0.2, 0) is 6.18 Å². The lowest BCUT2D eigenvalue weighted by molar-refractivity contribution is -0.384. The van der Waals surface area contributed by atoms with Crippen LogP contribution in [0.25, 0.3) is 5.69 Å². The molecule has 0 radical (unpaired) electrons. The first-order chi connectivity index (χ1) is 13.3. The zero-order valence-corrected chi connectivity index (χ0v) is 14.6. The lowest BCUT2D eigenvalue weighted by Crippen LogP contribution is -2.06. The average Bonchev–Trinajstić information content (AvgIpc) is 3.02. The Balaban J connectivity index is 1.81. The van der Waals surface area contributed by atoms with E-state index in [1.807, 2.05) is 54.1 Å². The number of hydrazone groups is 1. The Bertz CT molecular complexity index is 1030. The Labute approximate surface area is 158 Å². The van der Waals surface area contributed by atoms with Crippen molar-refractivity contribution in [2.45, 2.75) is 13.1 Å². The van der Waals surface area contributed by atoms with Gasteiger partial charge in [0.15, 0.2) is 0 Å². The van der Waals surface area contributed by atoms with Crippen molar-refractivity contribution in [1.29, 1.82) is 0 Å². The van der Waals surface area contributed by atoms with Crippen LogP contribution in [0.15, 0.2) is 65.9 Å². The topological polar surface area (TPSA) is 72.5 Å². The number of hydrogen-bond donors (Lipinski definition) is 1. The van der Waals surface area contributed by atoms with E-state index in [-0.39, 0.29) is 5.69 Å². The van der Waals surface area contributed by atoms with Gasteiger partial charge in [0.05, 0.1) is 16.7 Å². The highest BCUT2D eigenvalue weighted by atomic mass is 19.4. The molecule has 3 rings (SSSR count). The third-order valence-corrected chi connectivity index (χ3v) is 3.99. The number of para-hydroxylation sites is 1. The van der Waals surface area contributed by atoms with Crippen molar-refractivity contribution in [2.24, 2.45) is 5.10 Å². The molecule has 1 heterocycles. The molecule has 0 bridgehead atoms. The molecule has 1 N–H and O–H groups in total. The summed E-state index contributed by atoms with van der Waals surface area (Å²) < 4.78 is 40.2. The summed E-state index contributed by atoms with van der Waals surface area (Å²) in [6.07, 6.45) is -1.39. The van der Waals surface area contributed by atoms with E-state index in [1.54, 1.807) is 0 Å². The van der Waals surface area contributed by atoms with Gasteiger partial charge in [-0.3, -0.25) is 15.5 Å². The van der Waals surface area contributed by atoms with Crippen molar-refractivity contribution in [3.63, 3.8) is 0 Å². The van der Waals surface area contributed by atoms with Crippen molar-refractivity contribution in [3.05, 3.63) is 87.7 Å². The highest BCUT2D eigenvalue weighted by molar-refractivity contribution is 5.81. The number of benzene rings is 2. The Morgan fingerprint density at radius 1 is 1.14 bits per heavy atom. The number of nitro benzene ring substituents is 1. The van der Waals surface area contributed by atoms with Crippen LogP contribution in [-0.4, -0.2) is 15.7 Å². The third kappa shape index (κ3) is 4.20. The summed E-state index contributed by atoms with van der Waals surface area (Å²) >= 11 is 0. The van der Waals surface area contributed by atoms with E-state index in [9.17, 15) is 23.3 Å². The number of alkyl halides is 3. The quantitative estimate of drug-likeness (QED) is 0.373. The van der Waals surface area contributed by atoms with Crippen LogP contribution >= 0.6 is 0 Å². The smallest absolute Gasteiger partial charge is 0.321 e. The second kappa shape index (κ2) is 7.55. The second-order valence-electron chi connectivity index (χ2n) is 5.98. The summed E-state index contributed by atoms with van der Waals surface area (Å²) in [6.45, 7) is 1.92. The van der Waals surface area contributed by atoms with Crippen molar-refractivity contribution in [3.8, 4) is 5.69 Å². The molecule has 0 aliphatic carbocycles. The number of nitrogens with zero attached hydrogens (tertiary/aromatic N) is 3. The van der Waals surface area contributed by atoms with Gasteiger partial charge >= 0.3 is 6.18 Å². The lowest BCUT2D eigenvalue weighted by Gasteiger charge is -2.08. The van der Waals surface area contributed by atoms with Gasteiger partial charge in [-0.15, -0.1) is 0 Å². The number of nitro groups is 1. The first kappa shape index (κ1) is 19.2. The first-order valence-corrected chi connectivity index (χ1v) is 8.15. The fraction of sp³-hybridized carbons (Fsp3) is 0.105. The number of anilines is 1. The van der Waals surface area contributed by atoms with Gasteiger partial charge in [0, 0.05) is 29.2 Å². The third-order valence-electron chi connectivity index (χ3n) is 3.99. The molecule has 0 amide bonds. The standard InChI is InChI=1S/C19H15F3N4O2/c1-13-9-14(12-25(13)16-5-3-2-4-6-16)11-23-24-17-8-7-15(19(20,21)22)10-18(17)26(27)28/h2-12,24H,1H3/b23-11+. The molecule has 0 spiro atoms. The molecular weight excluding hydrogens is 373 g/mol. The largest absolute Gasteiger partial charge is 0.416 e. The maximum atomic E-state index is 12.7. The molecule has 0 aliphatic heterocycles. The summed E-state index contributed by atoms with van der Waals surface area (Å²) in [6, 6.07) is 13.7. The molecule has 0 saturated heterocycles. The Hall–Kier alpha value is -3.62. The van der Waals surface area contributed by atoms with Gasteiger partial charge in [0.25, 0.3) is 5.69 Å². The molecule has 0 saturated carbocycles. The van der Waals surface area contributed by atoms with Crippen molar-refractivity contribution < 1.29 is 18.1 Å². The monoisotopic (exact) mass is 388 g/mol. The minimum atomic E-state index is -4.66. The molecule has 0 atom stereocenters. The van der Waals surface area contributed by atoms with Crippen molar-refractivity contribution >= 4 is 17.6 Å². The van der Waals surface area contributed by atoms with E-state index in [0.29, 0.717) is 6.07 Å². The first-order valence-electron chi connectivity index (χ1n) is 8.15. The van der Waals surface area contributed by atoms with E-state index in [4.69, 9.17) is 0 Å². The van der Waals surface area contributed by atoms with Crippen molar-refractivity contribution in [1.82, 2.24) is 4.57 Å². The highest BCUT2D eigenvalue weighted by Gasteiger charge is 2.33. The van der Waals surface area contributed by atoms with Gasteiger partial charge in [-0.05, 0) is 37.3 Å². The molecule has 0 aliphatic rings. The van der Waals surface area contributed by atoms with E-state index >= 15 is 0 Å². The van der Waals surface area contributed by atoms with Gasteiger partial charge in [0.2, 0.25) is 0 Å². The van der Waals surface area contributed by atoms with Gasteiger partial charge in [0.1, 0.15) is 5.69 Å². The van der Waals surface area contributed by atoms with Gasteiger partial charge in [-0.2, -0.15) is 18.3 Å². The normalized spacial score (nSPS) is 11.7. The molecule has 9 heteroatoms. The van der Waals surface area contributed by atoms with Crippen LogP contribution < -0.4 is 5.43 Å². The van der Waals surface area contributed by atoms with Crippen LogP contribution in [0, 0.1) is 17.0 Å². The molecular formula is C19H15F3N4O2. The van der Waals surface area contributed by atoms with Crippen LogP contribution in [0.5, 0.6) is 0 Å². The number of aromatic nitrogens is 1. The number of aryl methyl sites for hydroxylation is 1. The van der Waals surface area contributed by atoms with Crippen molar-refractivity contribution in [2.75, 3.05) is 5.43 Å². The predicted octanol–water partition coefficient (Wildman–Crippen LogP) is 5.16. The molecule has 2 aromatic carbocycles. The number of halogens is 3. The summed E-state index contributed by atoms with van der Waals surface area (Å²) in [4.78, 5) is 10.2. The van der Waals surface area contributed by atoms with Gasteiger partial charge in [-0.25, -0.2) is 0 Å². The summed E-state index contributed by atoms with van der Waals surface area (Å²) in [5.74, 6) is 0. The van der Waals surface area contributed by atoms with Crippen LogP contribution in [0.1, 0.15) is 16.8 Å². The minimum Gasteiger partial charge on any atom is -0.321 e. The van der Waals surface area contributed by atoms with Crippen LogP contribution in [0.3, 0.4) is 0 Å². The SMILES string of the molecule is Cc1cc(/C=N/Nc2ccc(C(F)(F)F)cc2[N+](=O)[O-])cn1-c1ccccc1. The number of nitrogens with one attached hydrogen (secondary N) is 1.